The predicted octanol–water partition coefficient (Wildman–Crippen LogP) is 4.09. The minimum atomic E-state index is -4.54. The fourth-order valence-electron chi connectivity index (χ4n) is 3.39. The lowest BCUT2D eigenvalue weighted by Crippen LogP contribution is -2.37. The SMILES string of the molecule is O=C1Nc2ccc(F)cc2C1=CNc1ccc(N2CCOCC2)c(C(F)(F)F)c1. The monoisotopic (exact) mass is 407 g/mol. The van der Waals surface area contributed by atoms with Crippen LogP contribution in [0.5, 0.6) is 0 Å². The van der Waals surface area contributed by atoms with Crippen molar-refractivity contribution >= 4 is 28.5 Å². The second-order valence-electron chi connectivity index (χ2n) is 6.68. The van der Waals surface area contributed by atoms with E-state index >= 15 is 0 Å². The Labute approximate surface area is 164 Å². The molecule has 9 heteroatoms. The summed E-state index contributed by atoms with van der Waals surface area (Å²) in [6, 6.07) is 7.76. The molecule has 2 N–H and O–H groups in total. The predicted molar refractivity (Wildman–Crippen MR) is 101 cm³/mol. The van der Waals surface area contributed by atoms with Crippen molar-refractivity contribution in [3.63, 3.8) is 0 Å². The number of benzene rings is 2. The van der Waals surface area contributed by atoms with Crippen LogP contribution in [0.1, 0.15) is 11.1 Å². The topological polar surface area (TPSA) is 53.6 Å². The molecule has 0 saturated carbocycles. The number of halogens is 4. The van der Waals surface area contributed by atoms with Crippen LogP contribution in [0.25, 0.3) is 5.57 Å². The first-order valence-electron chi connectivity index (χ1n) is 8.95. The lowest BCUT2D eigenvalue weighted by atomic mass is 10.1. The molecule has 5 nitrogen and oxygen atoms in total. The molecule has 2 aromatic rings. The minimum Gasteiger partial charge on any atom is -0.378 e. The third-order valence-corrected chi connectivity index (χ3v) is 4.80. The molecule has 2 aliphatic rings. The Morgan fingerprint density at radius 3 is 2.59 bits per heavy atom. The molecule has 4 rings (SSSR count). The quantitative estimate of drug-likeness (QED) is 0.595. The molecule has 1 saturated heterocycles. The van der Waals surface area contributed by atoms with Crippen molar-refractivity contribution in [2.24, 2.45) is 0 Å². The van der Waals surface area contributed by atoms with Crippen molar-refractivity contribution in [2.45, 2.75) is 6.18 Å². The summed E-state index contributed by atoms with van der Waals surface area (Å²) in [7, 11) is 0. The average Bonchev–Trinajstić information content (AvgIpc) is 3.00. The molecule has 152 valence electrons. The van der Waals surface area contributed by atoms with E-state index in [1.165, 1.54) is 36.5 Å². The van der Waals surface area contributed by atoms with Gasteiger partial charge in [-0.2, -0.15) is 13.2 Å². The van der Waals surface area contributed by atoms with Gasteiger partial charge in [0.15, 0.2) is 0 Å². The highest BCUT2D eigenvalue weighted by atomic mass is 19.4. The van der Waals surface area contributed by atoms with Gasteiger partial charge in [0, 0.05) is 41.9 Å². The van der Waals surface area contributed by atoms with Crippen LogP contribution in [-0.4, -0.2) is 32.2 Å². The molecular formula is C20H17F4N3O2. The largest absolute Gasteiger partial charge is 0.418 e. The normalized spacial score (nSPS) is 18.0. The highest BCUT2D eigenvalue weighted by Gasteiger charge is 2.35. The second kappa shape index (κ2) is 7.40. The molecule has 0 atom stereocenters. The Morgan fingerprint density at radius 1 is 1.10 bits per heavy atom. The summed E-state index contributed by atoms with van der Waals surface area (Å²) in [6.45, 7) is 1.49. The van der Waals surface area contributed by atoms with Crippen LogP contribution in [0.4, 0.5) is 34.6 Å². The molecule has 2 aliphatic heterocycles. The molecule has 2 aromatic carbocycles. The highest BCUT2D eigenvalue weighted by molar-refractivity contribution is 6.31. The third-order valence-electron chi connectivity index (χ3n) is 4.80. The molecule has 0 aliphatic carbocycles. The molecule has 1 fully saturated rings. The van der Waals surface area contributed by atoms with Crippen molar-refractivity contribution in [3.05, 3.63) is 59.5 Å². The summed E-state index contributed by atoms with van der Waals surface area (Å²) in [4.78, 5) is 13.7. The Kier molecular flexibility index (Phi) is 4.91. The first kappa shape index (κ1) is 19.3. The summed E-state index contributed by atoms with van der Waals surface area (Å²) < 4.78 is 59.6. The Bertz CT molecular complexity index is 982. The third kappa shape index (κ3) is 3.91. The Hall–Kier alpha value is -3.07. The maximum Gasteiger partial charge on any atom is 0.418 e. The van der Waals surface area contributed by atoms with Crippen molar-refractivity contribution in [2.75, 3.05) is 41.8 Å². The van der Waals surface area contributed by atoms with E-state index < -0.39 is 23.5 Å². The second-order valence-corrected chi connectivity index (χ2v) is 6.68. The van der Waals surface area contributed by atoms with Gasteiger partial charge >= 0.3 is 6.18 Å². The molecule has 0 bridgehead atoms. The summed E-state index contributed by atoms with van der Waals surface area (Å²) >= 11 is 0. The van der Waals surface area contributed by atoms with E-state index in [2.05, 4.69) is 10.6 Å². The van der Waals surface area contributed by atoms with Crippen molar-refractivity contribution in [1.29, 1.82) is 0 Å². The van der Waals surface area contributed by atoms with E-state index in [4.69, 9.17) is 4.74 Å². The van der Waals surface area contributed by atoms with Crippen molar-refractivity contribution in [3.8, 4) is 0 Å². The standard InChI is InChI=1S/C20H17F4N3O2/c21-12-1-3-17-14(9-12)15(19(28)26-17)11-25-13-2-4-18(16(10-13)20(22,23)24)27-5-7-29-8-6-27/h1-4,9-11,25H,5-8H2,(H,26,28). The first-order valence-corrected chi connectivity index (χ1v) is 8.95. The maximum absolute atomic E-state index is 13.6. The summed E-state index contributed by atoms with van der Waals surface area (Å²) in [5.41, 5.74) is 0.423. The Morgan fingerprint density at radius 2 is 1.86 bits per heavy atom. The molecule has 0 aromatic heterocycles. The van der Waals surface area contributed by atoms with Crippen LogP contribution in [-0.2, 0) is 15.7 Å². The summed E-state index contributed by atoms with van der Waals surface area (Å²) in [6.07, 6.45) is -3.26. The lowest BCUT2D eigenvalue weighted by Gasteiger charge is -2.31. The Balaban J connectivity index is 1.64. The number of fused-ring (bicyclic) bond motifs is 1. The van der Waals surface area contributed by atoms with Gasteiger partial charge in [0.05, 0.1) is 24.4 Å². The van der Waals surface area contributed by atoms with Crippen LogP contribution in [0.2, 0.25) is 0 Å². The van der Waals surface area contributed by atoms with Gasteiger partial charge in [0.2, 0.25) is 0 Å². The van der Waals surface area contributed by atoms with Gasteiger partial charge in [-0.3, -0.25) is 4.79 Å². The van der Waals surface area contributed by atoms with Crippen LogP contribution in [0.15, 0.2) is 42.6 Å². The smallest absolute Gasteiger partial charge is 0.378 e. The fourth-order valence-corrected chi connectivity index (χ4v) is 3.39. The number of alkyl halides is 3. The van der Waals surface area contributed by atoms with E-state index in [-0.39, 0.29) is 16.9 Å². The summed E-state index contributed by atoms with van der Waals surface area (Å²) in [5.74, 6) is -0.973. The van der Waals surface area contributed by atoms with E-state index in [9.17, 15) is 22.4 Å². The fraction of sp³-hybridized carbons (Fsp3) is 0.250. The average molecular weight is 407 g/mol. The number of carbonyl (C=O) groups is 1. The number of nitrogens with one attached hydrogen (secondary N) is 2. The van der Waals surface area contributed by atoms with Gasteiger partial charge in [0.1, 0.15) is 5.82 Å². The van der Waals surface area contributed by atoms with Gasteiger partial charge in [-0.25, -0.2) is 4.39 Å². The van der Waals surface area contributed by atoms with Crippen LogP contribution in [0, 0.1) is 5.82 Å². The zero-order chi connectivity index (χ0) is 20.6. The molecule has 0 spiro atoms. The van der Waals surface area contributed by atoms with E-state index in [0.29, 0.717) is 37.6 Å². The first-order chi connectivity index (χ1) is 13.8. The van der Waals surface area contributed by atoms with E-state index in [1.54, 1.807) is 4.90 Å². The minimum absolute atomic E-state index is 0.0880. The van der Waals surface area contributed by atoms with Crippen LogP contribution >= 0.6 is 0 Å². The zero-order valence-corrected chi connectivity index (χ0v) is 15.1. The molecule has 1 amide bonds. The molecule has 29 heavy (non-hydrogen) atoms. The van der Waals surface area contributed by atoms with Gasteiger partial charge in [-0.1, -0.05) is 0 Å². The van der Waals surface area contributed by atoms with Crippen LogP contribution < -0.4 is 15.5 Å². The number of nitrogens with zero attached hydrogens (tertiary/aromatic N) is 1. The highest BCUT2D eigenvalue weighted by Crippen LogP contribution is 2.39. The number of hydrogen-bond donors (Lipinski definition) is 2. The molecule has 0 radical (unpaired) electrons. The van der Waals surface area contributed by atoms with Crippen LogP contribution in [0.3, 0.4) is 0 Å². The molecule has 0 unspecified atom stereocenters. The number of ether oxygens (including phenoxy) is 1. The lowest BCUT2D eigenvalue weighted by molar-refractivity contribution is -0.137. The van der Waals surface area contributed by atoms with Crippen molar-refractivity contribution in [1.82, 2.24) is 0 Å². The van der Waals surface area contributed by atoms with Gasteiger partial charge < -0.3 is 20.3 Å². The van der Waals surface area contributed by atoms with Gasteiger partial charge in [-0.15, -0.1) is 0 Å². The number of anilines is 3. The van der Waals surface area contributed by atoms with Gasteiger partial charge in [-0.05, 0) is 36.4 Å². The van der Waals surface area contributed by atoms with Crippen molar-refractivity contribution < 1.29 is 27.1 Å². The zero-order valence-electron chi connectivity index (χ0n) is 15.1. The summed E-state index contributed by atoms with van der Waals surface area (Å²) in [5, 5.41) is 5.32. The number of carbonyl (C=O) groups excluding carboxylic acids is 1. The number of rotatable bonds is 3. The number of morpholine rings is 1. The molecular weight excluding hydrogens is 390 g/mol. The van der Waals surface area contributed by atoms with E-state index in [0.717, 1.165) is 6.07 Å². The van der Waals surface area contributed by atoms with E-state index in [1.807, 2.05) is 0 Å². The number of hydrogen-bond acceptors (Lipinski definition) is 4. The van der Waals surface area contributed by atoms with Gasteiger partial charge in [0.25, 0.3) is 5.91 Å². The number of amides is 1. The molecule has 2 heterocycles. The maximum atomic E-state index is 13.6.